The summed E-state index contributed by atoms with van der Waals surface area (Å²) in [6.45, 7) is 5.51. The Morgan fingerprint density at radius 2 is 1.97 bits per heavy atom. The Bertz CT molecular complexity index is 1230. The van der Waals surface area contributed by atoms with Crippen molar-refractivity contribution in [2.45, 2.75) is 26.3 Å². The molecule has 4 aromatic rings. The van der Waals surface area contributed by atoms with Gasteiger partial charge in [-0.1, -0.05) is 13.0 Å². The number of amides is 1. The second-order valence-corrected chi connectivity index (χ2v) is 8.46. The van der Waals surface area contributed by atoms with Gasteiger partial charge in [-0.3, -0.25) is 19.8 Å². The first-order valence-electron chi connectivity index (χ1n) is 10.9. The molecule has 3 aromatic heterocycles. The van der Waals surface area contributed by atoms with Crippen molar-refractivity contribution in [2.75, 3.05) is 18.4 Å². The lowest BCUT2D eigenvalue weighted by molar-refractivity contribution is 0.102. The normalized spacial score (nSPS) is 15.2. The number of fused-ring (bicyclic) bond motifs is 1. The van der Waals surface area contributed by atoms with Crippen molar-refractivity contribution in [3.63, 3.8) is 0 Å². The van der Waals surface area contributed by atoms with Crippen molar-refractivity contribution < 1.29 is 4.79 Å². The molecule has 1 fully saturated rings. The third-order valence-electron chi connectivity index (χ3n) is 6.03. The van der Waals surface area contributed by atoms with Gasteiger partial charge in [0.15, 0.2) is 5.69 Å². The van der Waals surface area contributed by atoms with Gasteiger partial charge in [-0.25, -0.2) is 0 Å². The van der Waals surface area contributed by atoms with Crippen molar-refractivity contribution >= 4 is 22.5 Å². The van der Waals surface area contributed by atoms with E-state index in [-0.39, 0.29) is 5.91 Å². The van der Waals surface area contributed by atoms with Crippen LogP contribution in [0.1, 0.15) is 35.8 Å². The number of nitrogens with one attached hydrogen (secondary N) is 2. The fourth-order valence-electron chi connectivity index (χ4n) is 4.13. The highest BCUT2D eigenvalue weighted by Crippen LogP contribution is 2.27. The first-order chi connectivity index (χ1) is 15.7. The summed E-state index contributed by atoms with van der Waals surface area (Å²) in [6, 6.07) is 9.83. The molecule has 0 saturated carbocycles. The van der Waals surface area contributed by atoms with E-state index in [1.54, 1.807) is 6.07 Å². The molecule has 1 amide bonds. The van der Waals surface area contributed by atoms with Crippen LogP contribution in [0.5, 0.6) is 0 Å². The fraction of sp³-hybridized carbons (Fsp3) is 0.292. The lowest BCUT2D eigenvalue weighted by Crippen LogP contribution is -2.32. The van der Waals surface area contributed by atoms with Gasteiger partial charge in [-0.05, 0) is 67.2 Å². The number of rotatable bonds is 5. The van der Waals surface area contributed by atoms with Crippen LogP contribution in [-0.2, 0) is 6.54 Å². The zero-order valence-corrected chi connectivity index (χ0v) is 18.0. The second kappa shape index (κ2) is 8.84. The van der Waals surface area contributed by atoms with Crippen molar-refractivity contribution in [1.82, 2.24) is 30.3 Å². The Labute approximate surface area is 186 Å². The molecular weight excluding hydrogens is 402 g/mol. The summed E-state index contributed by atoms with van der Waals surface area (Å²) in [4.78, 5) is 19.8. The minimum atomic E-state index is -0.299. The van der Waals surface area contributed by atoms with Gasteiger partial charge in [-0.15, -0.1) is 0 Å². The molecule has 162 valence electrons. The van der Waals surface area contributed by atoms with Gasteiger partial charge < -0.3 is 5.32 Å². The molecule has 1 aliphatic rings. The van der Waals surface area contributed by atoms with Gasteiger partial charge in [0.05, 0.1) is 23.6 Å². The topological polar surface area (TPSA) is 99.7 Å². The highest BCUT2D eigenvalue weighted by Gasteiger charge is 2.17. The summed E-state index contributed by atoms with van der Waals surface area (Å²) >= 11 is 0. The van der Waals surface area contributed by atoms with Crippen LogP contribution in [0.25, 0.3) is 22.0 Å². The maximum Gasteiger partial charge on any atom is 0.276 e. The summed E-state index contributed by atoms with van der Waals surface area (Å²) in [5.74, 6) is 0.520. The molecule has 0 spiro atoms. The van der Waals surface area contributed by atoms with E-state index in [1.165, 1.54) is 30.8 Å². The summed E-state index contributed by atoms with van der Waals surface area (Å²) < 4.78 is 0. The van der Waals surface area contributed by atoms with E-state index >= 15 is 0 Å². The fourth-order valence-corrected chi connectivity index (χ4v) is 4.13. The quantitative estimate of drug-likeness (QED) is 0.501. The molecular formula is C24H25N7O. The Hall–Kier alpha value is -3.65. The van der Waals surface area contributed by atoms with Gasteiger partial charge >= 0.3 is 0 Å². The van der Waals surface area contributed by atoms with Crippen molar-refractivity contribution in [3.8, 4) is 11.1 Å². The number of nitrogens with zero attached hydrogens (tertiary/aromatic N) is 5. The van der Waals surface area contributed by atoms with E-state index in [2.05, 4.69) is 48.6 Å². The first-order valence-corrected chi connectivity index (χ1v) is 10.9. The number of aromatic nitrogens is 5. The average molecular weight is 428 g/mol. The van der Waals surface area contributed by atoms with Crippen molar-refractivity contribution in [3.05, 3.63) is 66.4 Å². The van der Waals surface area contributed by atoms with Crippen molar-refractivity contribution in [2.24, 2.45) is 5.92 Å². The summed E-state index contributed by atoms with van der Waals surface area (Å²) in [5, 5.41) is 18.3. The van der Waals surface area contributed by atoms with Crippen LogP contribution >= 0.6 is 0 Å². The third-order valence-corrected chi connectivity index (χ3v) is 6.03. The summed E-state index contributed by atoms with van der Waals surface area (Å²) in [7, 11) is 0. The molecule has 0 aliphatic carbocycles. The molecule has 2 N–H and O–H groups in total. The van der Waals surface area contributed by atoms with E-state index in [0.717, 1.165) is 47.6 Å². The van der Waals surface area contributed by atoms with E-state index in [9.17, 15) is 4.79 Å². The summed E-state index contributed by atoms with van der Waals surface area (Å²) in [5.41, 5.74) is 4.94. The number of aromatic amines is 1. The predicted molar refractivity (Wildman–Crippen MR) is 123 cm³/mol. The minimum absolute atomic E-state index is 0.299. The number of likely N-dealkylation sites (tertiary alicyclic amines) is 1. The first kappa shape index (κ1) is 20.3. The van der Waals surface area contributed by atoms with Gasteiger partial charge in [0, 0.05) is 29.9 Å². The van der Waals surface area contributed by atoms with Crippen LogP contribution < -0.4 is 5.32 Å². The average Bonchev–Trinajstić information content (AvgIpc) is 3.25. The number of carbonyl (C=O) groups excluding carboxylic acids is 1. The Kier molecular flexibility index (Phi) is 5.60. The molecule has 4 heterocycles. The number of carbonyl (C=O) groups is 1. The number of anilines is 1. The predicted octanol–water partition coefficient (Wildman–Crippen LogP) is 3.90. The van der Waals surface area contributed by atoms with Crippen LogP contribution in [0.15, 0.2) is 55.1 Å². The molecule has 0 radical (unpaired) electrons. The van der Waals surface area contributed by atoms with Gasteiger partial charge in [0.1, 0.15) is 0 Å². The van der Waals surface area contributed by atoms with Gasteiger partial charge in [0.25, 0.3) is 5.91 Å². The number of H-pyrrole nitrogens is 1. The second-order valence-electron chi connectivity index (χ2n) is 8.46. The molecule has 1 aliphatic heterocycles. The molecule has 0 unspecified atom stereocenters. The van der Waals surface area contributed by atoms with E-state index in [4.69, 9.17) is 0 Å². The molecule has 0 atom stereocenters. The lowest BCUT2D eigenvalue weighted by atomic mass is 9.98. The molecule has 0 bridgehead atoms. The zero-order chi connectivity index (χ0) is 21.9. The summed E-state index contributed by atoms with van der Waals surface area (Å²) in [6.07, 6.45) is 9.35. The molecule has 8 nitrogen and oxygen atoms in total. The number of hydrogen-bond donors (Lipinski definition) is 2. The highest BCUT2D eigenvalue weighted by atomic mass is 16.1. The lowest BCUT2D eigenvalue weighted by Gasteiger charge is -2.30. The van der Waals surface area contributed by atoms with Crippen LogP contribution in [0.4, 0.5) is 5.69 Å². The number of piperidine rings is 1. The van der Waals surface area contributed by atoms with E-state index in [1.807, 2.05) is 30.6 Å². The van der Waals surface area contributed by atoms with Gasteiger partial charge in [0.2, 0.25) is 0 Å². The Morgan fingerprint density at radius 3 is 2.78 bits per heavy atom. The molecule has 32 heavy (non-hydrogen) atoms. The number of hydrogen-bond acceptors (Lipinski definition) is 6. The maximum absolute atomic E-state index is 12.8. The monoisotopic (exact) mass is 427 g/mol. The molecule has 8 heteroatoms. The van der Waals surface area contributed by atoms with Crippen LogP contribution in [0.2, 0.25) is 0 Å². The number of pyridine rings is 1. The van der Waals surface area contributed by atoms with Crippen LogP contribution in [0, 0.1) is 5.92 Å². The SMILES string of the molecule is CC1CCN(Cc2cncc(-c3ccc4[nH]nc(C(=O)Nc5ccnnc5)c4c3)c2)CC1. The highest BCUT2D eigenvalue weighted by molar-refractivity contribution is 6.11. The standard InChI is InChI=1S/C24H25N7O/c1-16-5-8-31(9-6-16)15-17-10-19(13-25-12-17)18-2-3-22-21(11-18)23(30-29-22)24(32)28-20-4-7-26-27-14-20/h2-4,7,10-14,16H,5-6,8-9,15H2,1H3,(H,29,30)(H,26,28,32). The van der Waals surface area contributed by atoms with Crippen molar-refractivity contribution in [1.29, 1.82) is 0 Å². The molecule has 1 aromatic carbocycles. The van der Waals surface area contributed by atoms with E-state index in [0.29, 0.717) is 11.4 Å². The minimum Gasteiger partial charge on any atom is -0.319 e. The third kappa shape index (κ3) is 4.36. The Balaban J connectivity index is 1.39. The maximum atomic E-state index is 12.8. The van der Waals surface area contributed by atoms with Gasteiger partial charge in [-0.2, -0.15) is 15.3 Å². The smallest absolute Gasteiger partial charge is 0.276 e. The number of benzene rings is 1. The van der Waals surface area contributed by atoms with E-state index < -0.39 is 0 Å². The van der Waals surface area contributed by atoms with Crippen LogP contribution in [-0.4, -0.2) is 49.3 Å². The van der Waals surface area contributed by atoms with Crippen LogP contribution in [0.3, 0.4) is 0 Å². The largest absolute Gasteiger partial charge is 0.319 e. The molecule has 1 saturated heterocycles. The Morgan fingerprint density at radius 1 is 1.09 bits per heavy atom. The molecule has 5 rings (SSSR count). The zero-order valence-electron chi connectivity index (χ0n) is 18.0.